The number of rotatable bonds is 16. The molecule has 5 N–H and O–H groups in total. The van der Waals surface area contributed by atoms with Crippen molar-refractivity contribution < 1.29 is 24.2 Å². The lowest BCUT2D eigenvalue weighted by atomic mass is 9.99. The summed E-state index contributed by atoms with van der Waals surface area (Å²) in [4.78, 5) is 24.8. The van der Waals surface area contributed by atoms with Crippen molar-refractivity contribution in [3.8, 4) is 11.1 Å². The summed E-state index contributed by atoms with van der Waals surface area (Å²) in [7, 11) is 1.81. The summed E-state index contributed by atoms with van der Waals surface area (Å²) < 4.78 is 14.6. The van der Waals surface area contributed by atoms with E-state index in [2.05, 4.69) is 50.4 Å². The molecule has 13 heteroatoms. The number of nitrogen functional groups attached to an aromatic ring is 1. The summed E-state index contributed by atoms with van der Waals surface area (Å²) in [6.07, 6.45) is 2.77. The van der Waals surface area contributed by atoms with E-state index in [4.69, 9.17) is 15.2 Å². The van der Waals surface area contributed by atoms with E-state index in [1.54, 1.807) is 28.6 Å². The second kappa shape index (κ2) is 18.6. The van der Waals surface area contributed by atoms with Crippen LogP contribution in [-0.2, 0) is 39.3 Å². The Morgan fingerprint density at radius 3 is 2.36 bits per heavy atom. The van der Waals surface area contributed by atoms with E-state index in [0.717, 1.165) is 45.0 Å². The van der Waals surface area contributed by atoms with E-state index in [9.17, 15) is 14.7 Å². The highest BCUT2D eigenvalue weighted by Gasteiger charge is 2.32. The van der Waals surface area contributed by atoms with Gasteiger partial charge in [0.2, 0.25) is 17.0 Å². The lowest BCUT2D eigenvalue weighted by molar-refractivity contribution is -0.245. The van der Waals surface area contributed by atoms with Gasteiger partial charge in [-0.05, 0) is 69.3 Å². The number of amides is 2. The molecule has 3 atom stereocenters. The van der Waals surface area contributed by atoms with E-state index in [-0.39, 0.29) is 30.6 Å². The van der Waals surface area contributed by atoms with Gasteiger partial charge in [-0.1, -0.05) is 97.0 Å². The molecule has 0 unspecified atom stereocenters. The first-order valence-electron chi connectivity index (χ1n) is 17.8. The number of benzene rings is 4. The maximum absolute atomic E-state index is 12.6. The molecule has 276 valence electrons. The van der Waals surface area contributed by atoms with Gasteiger partial charge in [0.15, 0.2) is 6.29 Å². The normalized spacial score (nSPS) is 17.0. The number of nitrogens with zero attached hydrogens (tertiary/aromatic N) is 4. The van der Waals surface area contributed by atoms with Crippen LogP contribution in [0.1, 0.15) is 73.2 Å². The Balaban J connectivity index is 0.997. The molecule has 5 aromatic rings. The Morgan fingerprint density at radius 2 is 1.62 bits per heavy atom. The molecule has 2 amide bonds. The first kappa shape index (κ1) is 37.7. The third-order valence-corrected chi connectivity index (χ3v) is 10.2. The average Bonchev–Trinajstić information content (AvgIpc) is 3.61. The minimum atomic E-state index is -0.573. The van der Waals surface area contributed by atoms with Crippen molar-refractivity contribution in [2.24, 2.45) is 7.05 Å². The number of anilines is 2. The number of hydrogen-bond donors (Lipinski definition) is 4. The number of aliphatic hydroxyl groups is 1. The number of carbonyl (C=O) groups excluding carboxylic acids is 2. The molecule has 1 saturated heterocycles. The molecular weight excluding hydrogens is 691 g/mol. The Labute approximate surface area is 313 Å². The molecule has 2 heterocycles. The van der Waals surface area contributed by atoms with Gasteiger partial charge in [0.1, 0.15) is 0 Å². The molecule has 0 radical (unpaired) electrons. The van der Waals surface area contributed by atoms with Crippen molar-refractivity contribution in [1.82, 2.24) is 25.5 Å². The summed E-state index contributed by atoms with van der Waals surface area (Å²) in [6.45, 7) is 0.420. The zero-order valence-electron chi connectivity index (χ0n) is 29.7. The second-order valence-electron chi connectivity index (χ2n) is 13.0. The number of thioether (sulfide) groups is 1. The minimum absolute atomic E-state index is 0.0105. The maximum atomic E-state index is 12.6. The molecule has 1 aromatic heterocycles. The van der Waals surface area contributed by atoms with E-state index in [0.29, 0.717) is 55.8 Å². The van der Waals surface area contributed by atoms with Gasteiger partial charge in [0.25, 0.3) is 0 Å². The molecule has 1 fully saturated rings. The lowest BCUT2D eigenvalue weighted by Gasteiger charge is -2.36. The summed E-state index contributed by atoms with van der Waals surface area (Å²) in [5.74, 6) is 0.566. The van der Waals surface area contributed by atoms with Gasteiger partial charge in [0, 0.05) is 44.2 Å². The maximum Gasteiger partial charge on any atom is 0.224 e. The van der Waals surface area contributed by atoms with E-state index in [1.165, 1.54) is 0 Å². The number of hydrogen-bond acceptors (Lipinski definition) is 10. The molecule has 4 aromatic carbocycles. The van der Waals surface area contributed by atoms with Crippen molar-refractivity contribution >= 4 is 35.0 Å². The van der Waals surface area contributed by atoms with Crippen LogP contribution in [0, 0.1) is 0 Å². The SMILES string of the molecule is Cn1nnnc1SC[C@H]1C[C@@H](c2ccc(CO)cc2)O[C@@H](c2ccc(-c3cccc(CNC(=O)CCCCCC(=O)Nc4ccccc4N)c3)cc2)O1. The predicted octanol–water partition coefficient (Wildman–Crippen LogP) is 6.49. The van der Waals surface area contributed by atoms with Crippen LogP contribution in [0.25, 0.3) is 11.1 Å². The Hall–Kier alpha value is -5.08. The van der Waals surface area contributed by atoms with Crippen LogP contribution in [0.2, 0.25) is 0 Å². The number of nitrogens with one attached hydrogen (secondary N) is 2. The van der Waals surface area contributed by atoms with Crippen molar-refractivity contribution in [3.05, 3.63) is 119 Å². The Morgan fingerprint density at radius 1 is 0.868 bits per heavy atom. The van der Waals surface area contributed by atoms with Crippen molar-refractivity contribution in [2.45, 2.75) is 75.3 Å². The first-order valence-corrected chi connectivity index (χ1v) is 18.8. The van der Waals surface area contributed by atoms with Gasteiger partial charge in [-0.25, -0.2) is 4.68 Å². The highest BCUT2D eigenvalue weighted by atomic mass is 32.2. The van der Waals surface area contributed by atoms with Gasteiger partial charge in [0.05, 0.1) is 30.2 Å². The molecule has 53 heavy (non-hydrogen) atoms. The molecule has 12 nitrogen and oxygen atoms in total. The van der Waals surface area contributed by atoms with Crippen molar-refractivity contribution in [2.75, 3.05) is 16.8 Å². The summed E-state index contributed by atoms with van der Waals surface area (Å²) in [5, 5.41) is 27.9. The lowest BCUT2D eigenvalue weighted by Crippen LogP contribution is -2.31. The van der Waals surface area contributed by atoms with Crippen molar-refractivity contribution in [1.29, 1.82) is 0 Å². The Kier molecular flexibility index (Phi) is 13.2. The summed E-state index contributed by atoms with van der Waals surface area (Å²) in [5.41, 5.74) is 12.9. The quantitative estimate of drug-likeness (QED) is 0.0500. The molecule has 1 aliphatic rings. The topological polar surface area (TPSA) is 167 Å². The van der Waals surface area contributed by atoms with Crippen LogP contribution in [0.5, 0.6) is 0 Å². The van der Waals surface area contributed by atoms with E-state index >= 15 is 0 Å². The number of aliphatic hydroxyl groups excluding tert-OH is 1. The van der Waals surface area contributed by atoms with Crippen LogP contribution in [-0.4, -0.2) is 49.0 Å². The van der Waals surface area contributed by atoms with Crippen LogP contribution in [0.4, 0.5) is 11.4 Å². The molecule has 6 rings (SSSR count). The van der Waals surface area contributed by atoms with Gasteiger partial charge in [-0.3, -0.25) is 9.59 Å². The smallest absolute Gasteiger partial charge is 0.224 e. The second-order valence-corrected chi connectivity index (χ2v) is 14.0. The molecule has 0 saturated carbocycles. The third-order valence-electron chi connectivity index (χ3n) is 9.07. The largest absolute Gasteiger partial charge is 0.397 e. The zero-order chi connectivity index (χ0) is 37.0. The summed E-state index contributed by atoms with van der Waals surface area (Å²) in [6, 6.07) is 31.3. The number of nitrogens with two attached hydrogens (primary N) is 1. The minimum Gasteiger partial charge on any atom is -0.397 e. The molecular formula is C40H45N7O5S. The highest BCUT2D eigenvalue weighted by molar-refractivity contribution is 7.99. The molecule has 0 aliphatic carbocycles. The van der Waals surface area contributed by atoms with Crippen LogP contribution in [0.15, 0.2) is 102 Å². The number of para-hydroxylation sites is 2. The molecule has 1 aliphatic heterocycles. The van der Waals surface area contributed by atoms with Gasteiger partial charge in [-0.15, -0.1) is 5.10 Å². The van der Waals surface area contributed by atoms with Crippen LogP contribution >= 0.6 is 11.8 Å². The fraction of sp³-hybridized carbons (Fsp3) is 0.325. The summed E-state index contributed by atoms with van der Waals surface area (Å²) >= 11 is 1.54. The Bertz CT molecular complexity index is 1950. The van der Waals surface area contributed by atoms with Gasteiger partial charge >= 0.3 is 0 Å². The fourth-order valence-electron chi connectivity index (χ4n) is 6.09. The number of aromatic nitrogens is 4. The van der Waals surface area contributed by atoms with E-state index in [1.807, 2.05) is 67.7 Å². The van der Waals surface area contributed by atoms with E-state index < -0.39 is 6.29 Å². The number of unbranched alkanes of at least 4 members (excludes halogenated alkanes) is 2. The van der Waals surface area contributed by atoms with Crippen LogP contribution < -0.4 is 16.4 Å². The van der Waals surface area contributed by atoms with Gasteiger partial charge in [-0.2, -0.15) is 0 Å². The number of tetrazole rings is 1. The van der Waals surface area contributed by atoms with Crippen LogP contribution in [0.3, 0.4) is 0 Å². The number of carbonyl (C=O) groups is 2. The fourth-order valence-corrected chi connectivity index (χ4v) is 6.95. The van der Waals surface area contributed by atoms with Gasteiger partial charge < -0.3 is 30.9 Å². The number of aryl methyl sites for hydroxylation is 1. The average molecular weight is 736 g/mol. The highest BCUT2D eigenvalue weighted by Crippen LogP contribution is 2.39. The third kappa shape index (κ3) is 10.7. The monoisotopic (exact) mass is 735 g/mol. The zero-order valence-corrected chi connectivity index (χ0v) is 30.5. The standard InChI is InChI=1S/C40H45N7O5S/c1-47-40(44-45-46-47)53-26-33-23-36(30-16-14-27(25-48)15-17-30)52-39(51-33)31-20-18-29(19-21-31)32-9-7-8-28(22-32)24-42-37(49)12-3-2-4-13-38(50)43-35-11-6-5-10-34(35)41/h5-11,14-22,33,36,39,48H,2-4,12-13,23-26,41H2,1H3,(H,42,49)(H,43,50)/t33-,36+,39+/m1/s1. The first-order chi connectivity index (χ1) is 25.8. The number of ether oxygens (including phenoxy) is 2. The molecule has 0 bridgehead atoms. The van der Waals surface area contributed by atoms with Crippen molar-refractivity contribution in [3.63, 3.8) is 0 Å². The molecule has 0 spiro atoms. The predicted molar refractivity (Wildman–Crippen MR) is 204 cm³/mol.